The molecule has 2 amide bonds. The molecule has 3 aliphatic rings. The van der Waals surface area contributed by atoms with Crippen molar-refractivity contribution in [2.75, 3.05) is 19.7 Å². The summed E-state index contributed by atoms with van der Waals surface area (Å²) in [6, 6.07) is 18.6. The van der Waals surface area contributed by atoms with E-state index < -0.39 is 41.4 Å². The van der Waals surface area contributed by atoms with Gasteiger partial charge < -0.3 is 29.7 Å². The summed E-state index contributed by atoms with van der Waals surface area (Å²) in [5.41, 5.74) is 1.82. The molecule has 2 saturated heterocycles. The zero-order valence-corrected chi connectivity index (χ0v) is 23.0. The first-order valence-corrected chi connectivity index (χ1v) is 13.9. The Hall–Kier alpha value is -4.77. The zero-order valence-electron chi connectivity index (χ0n) is 23.0. The molecular formula is C32H29F2N3O6. The molecule has 0 aliphatic carbocycles. The minimum absolute atomic E-state index is 0.00146. The monoisotopic (exact) mass is 589 g/mol. The van der Waals surface area contributed by atoms with E-state index in [4.69, 9.17) is 9.47 Å². The Morgan fingerprint density at radius 1 is 1.00 bits per heavy atom. The summed E-state index contributed by atoms with van der Waals surface area (Å²) in [6.45, 7) is 0.155. The van der Waals surface area contributed by atoms with E-state index in [1.165, 1.54) is 6.07 Å². The number of Topliss-reactive ketones (excluding diaryl/α,β-unsaturated/α-hetero) is 1. The molecule has 3 heterocycles. The molecule has 2 N–H and O–H groups in total. The Morgan fingerprint density at radius 2 is 1.77 bits per heavy atom. The molecule has 6 rings (SSSR count). The van der Waals surface area contributed by atoms with Gasteiger partial charge in [-0.1, -0.05) is 48.5 Å². The zero-order chi connectivity index (χ0) is 30.1. The maximum Gasteiger partial charge on any atom is 0.276 e. The van der Waals surface area contributed by atoms with E-state index in [-0.39, 0.29) is 61.7 Å². The highest BCUT2D eigenvalue weighted by Crippen LogP contribution is 2.35. The Labute approximate surface area is 246 Å². The van der Waals surface area contributed by atoms with Crippen LogP contribution in [0.2, 0.25) is 0 Å². The number of aromatic hydroxyl groups is 1. The van der Waals surface area contributed by atoms with Crippen molar-refractivity contribution < 1.29 is 37.7 Å². The summed E-state index contributed by atoms with van der Waals surface area (Å²) in [5.74, 6) is -4.60. The number of phenolic OH excluding ortho intramolecular Hbond substituents is 1. The van der Waals surface area contributed by atoms with Gasteiger partial charge in [0.15, 0.2) is 12.0 Å². The van der Waals surface area contributed by atoms with Gasteiger partial charge in [0.25, 0.3) is 5.91 Å². The molecule has 222 valence electrons. The second kappa shape index (κ2) is 11.8. The number of halogens is 2. The Kier molecular flexibility index (Phi) is 7.81. The molecule has 3 aromatic rings. The summed E-state index contributed by atoms with van der Waals surface area (Å²) in [7, 11) is 0. The van der Waals surface area contributed by atoms with Gasteiger partial charge in [-0.2, -0.15) is 0 Å². The van der Waals surface area contributed by atoms with Crippen LogP contribution in [0.4, 0.5) is 8.78 Å². The highest BCUT2D eigenvalue weighted by atomic mass is 19.1. The fourth-order valence-corrected chi connectivity index (χ4v) is 5.68. The van der Waals surface area contributed by atoms with Crippen LogP contribution in [0.25, 0.3) is 0 Å². The molecule has 0 bridgehead atoms. The minimum Gasteiger partial charge on any atom is -0.508 e. The normalized spacial score (nSPS) is 21.5. The maximum absolute atomic E-state index is 14.2. The molecule has 0 radical (unpaired) electrons. The Morgan fingerprint density at radius 3 is 2.51 bits per heavy atom. The van der Waals surface area contributed by atoms with Crippen LogP contribution in [0, 0.1) is 17.6 Å². The molecule has 3 aromatic carbocycles. The van der Waals surface area contributed by atoms with Crippen molar-refractivity contribution in [2.45, 2.75) is 31.8 Å². The first-order valence-electron chi connectivity index (χ1n) is 13.9. The van der Waals surface area contributed by atoms with Gasteiger partial charge in [-0.3, -0.25) is 14.4 Å². The van der Waals surface area contributed by atoms with E-state index in [1.54, 1.807) is 34.1 Å². The van der Waals surface area contributed by atoms with Crippen molar-refractivity contribution in [3.8, 4) is 5.75 Å². The quantitative estimate of drug-likeness (QED) is 0.389. The first-order chi connectivity index (χ1) is 20.8. The van der Waals surface area contributed by atoms with Gasteiger partial charge in [-0.25, -0.2) is 8.78 Å². The molecule has 1 unspecified atom stereocenters. The summed E-state index contributed by atoms with van der Waals surface area (Å²) in [5, 5.41) is 12.2. The standard InChI is InChI=1S/C32H29F2N3O6/c33-22-9-8-21(26(34)13-22)14-35-31(40)25-15-36-16-27-37(23(18-42-27)12-19-6-10-24(38)11-7-19)32(41)28(36)30(29(25)39)43-17-20-4-2-1-3-5-20/h1-11,13,23,25,27,38H,12,14-18H2,(H,35,40)/t23-,25?,27+/m0/s1. The number of ketones is 1. The number of piperazine rings is 1. The number of hydrogen-bond acceptors (Lipinski definition) is 7. The van der Waals surface area contributed by atoms with Crippen molar-refractivity contribution in [2.24, 2.45) is 5.92 Å². The lowest BCUT2D eigenvalue weighted by Crippen LogP contribution is -2.60. The van der Waals surface area contributed by atoms with Crippen LogP contribution in [-0.2, 0) is 43.4 Å². The first kappa shape index (κ1) is 28.4. The molecule has 0 aromatic heterocycles. The molecular weight excluding hydrogens is 560 g/mol. The fraction of sp³-hybridized carbons (Fsp3) is 0.281. The molecule has 9 nitrogen and oxygen atoms in total. The lowest BCUT2D eigenvalue weighted by atomic mass is 9.92. The third-order valence-electron chi connectivity index (χ3n) is 7.89. The highest BCUT2D eigenvalue weighted by molar-refractivity contribution is 6.14. The average Bonchev–Trinajstić information content (AvgIpc) is 3.40. The smallest absolute Gasteiger partial charge is 0.276 e. The van der Waals surface area contributed by atoms with Crippen molar-refractivity contribution in [3.63, 3.8) is 0 Å². The number of carbonyl (C=O) groups excluding carboxylic acids is 3. The van der Waals surface area contributed by atoms with Gasteiger partial charge in [0, 0.05) is 24.7 Å². The van der Waals surface area contributed by atoms with Gasteiger partial charge in [-0.15, -0.1) is 0 Å². The third-order valence-corrected chi connectivity index (χ3v) is 7.89. The van der Waals surface area contributed by atoms with E-state index in [2.05, 4.69) is 5.32 Å². The third kappa shape index (κ3) is 5.80. The minimum atomic E-state index is -1.23. The van der Waals surface area contributed by atoms with Crippen molar-refractivity contribution >= 4 is 17.6 Å². The van der Waals surface area contributed by atoms with E-state index in [1.807, 2.05) is 30.3 Å². The summed E-state index contributed by atoms with van der Waals surface area (Å²) in [6.07, 6.45) is -0.117. The number of allylic oxidation sites excluding steroid dienone is 1. The highest BCUT2D eigenvalue weighted by Gasteiger charge is 2.51. The number of nitrogens with one attached hydrogen (secondary N) is 1. The van der Waals surface area contributed by atoms with Gasteiger partial charge in [0.1, 0.15) is 35.6 Å². The summed E-state index contributed by atoms with van der Waals surface area (Å²) in [4.78, 5) is 44.3. The number of carbonyl (C=O) groups is 3. The average molecular weight is 590 g/mol. The number of amides is 2. The second-order valence-corrected chi connectivity index (χ2v) is 10.8. The fourth-order valence-electron chi connectivity index (χ4n) is 5.68. The lowest BCUT2D eigenvalue weighted by Gasteiger charge is -2.44. The van der Waals surface area contributed by atoms with Crippen LogP contribution < -0.4 is 5.32 Å². The topological polar surface area (TPSA) is 108 Å². The molecule has 0 spiro atoms. The SMILES string of the molecule is O=C(NCc1ccc(F)cc1F)C1CN2C[C@H]3OC[C@H](Cc4ccc(O)cc4)N3C(=O)C2=C(OCc2ccccc2)C1=O. The number of nitrogens with zero attached hydrogens (tertiary/aromatic N) is 2. The largest absolute Gasteiger partial charge is 0.508 e. The molecule has 0 saturated carbocycles. The number of benzene rings is 3. The van der Waals surface area contributed by atoms with Gasteiger partial charge in [0.2, 0.25) is 11.7 Å². The summed E-state index contributed by atoms with van der Waals surface area (Å²) >= 11 is 0. The van der Waals surface area contributed by atoms with Crippen LogP contribution in [0.3, 0.4) is 0 Å². The van der Waals surface area contributed by atoms with Crippen molar-refractivity contribution in [1.29, 1.82) is 0 Å². The Balaban J connectivity index is 1.26. The number of phenols is 1. The van der Waals surface area contributed by atoms with Gasteiger partial charge in [-0.05, 0) is 35.7 Å². The number of fused-ring (bicyclic) bond motifs is 2. The van der Waals surface area contributed by atoms with Crippen LogP contribution in [-0.4, -0.2) is 64.5 Å². The van der Waals surface area contributed by atoms with Gasteiger partial charge in [0.05, 0.1) is 19.2 Å². The van der Waals surface area contributed by atoms with E-state index in [0.29, 0.717) is 6.42 Å². The van der Waals surface area contributed by atoms with Crippen LogP contribution in [0.1, 0.15) is 16.7 Å². The van der Waals surface area contributed by atoms with Crippen LogP contribution in [0.15, 0.2) is 84.3 Å². The van der Waals surface area contributed by atoms with Crippen LogP contribution >= 0.6 is 0 Å². The number of ether oxygens (including phenoxy) is 2. The molecule has 11 heteroatoms. The summed E-state index contributed by atoms with van der Waals surface area (Å²) < 4.78 is 39.5. The van der Waals surface area contributed by atoms with E-state index in [0.717, 1.165) is 23.3 Å². The van der Waals surface area contributed by atoms with Crippen molar-refractivity contribution in [3.05, 3.63) is 113 Å². The number of hydrogen-bond donors (Lipinski definition) is 2. The Bertz CT molecular complexity index is 1580. The van der Waals surface area contributed by atoms with E-state index in [9.17, 15) is 28.3 Å². The predicted molar refractivity (Wildman–Crippen MR) is 149 cm³/mol. The molecule has 2 fully saturated rings. The molecule has 43 heavy (non-hydrogen) atoms. The molecule has 3 aliphatic heterocycles. The lowest BCUT2D eigenvalue weighted by molar-refractivity contribution is -0.148. The van der Waals surface area contributed by atoms with Crippen molar-refractivity contribution in [1.82, 2.24) is 15.1 Å². The maximum atomic E-state index is 14.2. The number of rotatable bonds is 8. The second-order valence-electron chi connectivity index (χ2n) is 10.8. The van der Waals surface area contributed by atoms with E-state index >= 15 is 0 Å². The predicted octanol–water partition coefficient (Wildman–Crippen LogP) is 3.03. The molecule has 3 atom stereocenters. The van der Waals surface area contributed by atoms with Crippen LogP contribution in [0.5, 0.6) is 5.75 Å². The van der Waals surface area contributed by atoms with Gasteiger partial charge >= 0.3 is 0 Å².